The Morgan fingerprint density at radius 1 is 0.688 bits per heavy atom. The van der Waals surface area contributed by atoms with Gasteiger partial charge in [0, 0.05) is 31.8 Å². The number of carbonyl (C=O) groups excluding carboxylic acids is 2. The Labute approximate surface area is 265 Å². The number of nitrogens with two attached hydrogens (primary N) is 1. The number of rotatable bonds is 5. The van der Waals surface area contributed by atoms with Gasteiger partial charge in [0.15, 0.2) is 11.4 Å². The van der Waals surface area contributed by atoms with E-state index in [4.69, 9.17) is 5.73 Å². The van der Waals surface area contributed by atoms with Crippen LogP contribution in [0, 0.1) is 11.6 Å². The van der Waals surface area contributed by atoms with E-state index in [0.717, 1.165) is 38.8 Å². The summed E-state index contributed by atoms with van der Waals surface area (Å²) in [4.78, 5) is 33.4. The van der Waals surface area contributed by atoms with Gasteiger partial charge >= 0.3 is 12.4 Å². The van der Waals surface area contributed by atoms with Crippen LogP contribution in [0.2, 0.25) is 0 Å². The topological polar surface area (TPSA) is 125 Å². The molecular formula is C30H22F8N8O2. The lowest BCUT2D eigenvalue weighted by Crippen LogP contribution is -2.29. The second-order valence-electron chi connectivity index (χ2n) is 10.3. The zero-order valence-corrected chi connectivity index (χ0v) is 24.7. The highest BCUT2D eigenvalue weighted by atomic mass is 19.4. The number of carbonyl (C=O) groups is 2. The minimum atomic E-state index is -4.64. The van der Waals surface area contributed by atoms with Crippen molar-refractivity contribution in [1.29, 1.82) is 0 Å². The van der Waals surface area contributed by atoms with Gasteiger partial charge < -0.3 is 5.73 Å². The second kappa shape index (κ2) is 12.6. The van der Waals surface area contributed by atoms with Gasteiger partial charge in [-0.15, -0.1) is 0 Å². The maximum Gasteiger partial charge on any atom is 0.435 e. The molecule has 48 heavy (non-hydrogen) atoms. The first kappa shape index (κ1) is 33.8. The zero-order chi connectivity index (χ0) is 35.1. The molecule has 0 bridgehead atoms. The molecule has 0 radical (unpaired) electrons. The summed E-state index contributed by atoms with van der Waals surface area (Å²) in [5.41, 5.74) is 4.14. The first-order valence-electron chi connectivity index (χ1n) is 13.7. The monoisotopic (exact) mass is 678 g/mol. The van der Waals surface area contributed by atoms with Crippen molar-refractivity contribution in [2.24, 2.45) is 19.8 Å². The summed E-state index contributed by atoms with van der Waals surface area (Å²) in [6.45, 7) is -0.441. The summed E-state index contributed by atoms with van der Waals surface area (Å²) in [5.74, 6) is -2.51. The van der Waals surface area contributed by atoms with Crippen molar-refractivity contribution in [3.05, 3.63) is 106 Å². The van der Waals surface area contributed by atoms with Gasteiger partial charge in [0.2, 0.25) is 0 Å². The number of imide groups is 1. The number of alkyl halides is 6. The van der Waals surface area contributed by atoms with E-state index in [1.54, 1.807) is 12.1 Å². The van der Waals surface area contributed by atoms with Gasteiger partial charge in [0.25, 0.3) is 11.8 Å². The molecule has 0 saturated heterocycles. The molecule has 6 rings (SSSR count). The summed E-state index contributed by atoms with van der Waals surface area (Å²) in [6.07, 6.45) is -7.41. The quantitative estimate of drug-likeness (QED) is 0.191. The average molecular weight is 679 g/mol. The SMILES string of the molecule is Cn1nc(C(F)(F)F)cc1-c1cc(CN)c(F)cn1.Cn1nc(C(F)(F)F)cc1-c1cc(CN2C(=O)c3ccccc3C2=O)c(F)cn1. The molecule has 1 aliphatic heterocycles. The minimum Gasteiger partial charge on any atom is -0.326 e. The average Bonchev–Trinajstić information content (AvgIpc) is 3.69. The van der Waals surface area contributed by atoms with Crippen molar-refractivity contribution in [1.82, 2.24) is 34.4 Å². The number of hydrogen-bond acceptors (Lipinski definition) is 7. The molecule has 1 aliphatic rings. The maximum atomic E-state index is 14.3. The van der Waals surface area contributed by atoms with Crippen LogP contribution >= 0.6 is 0 Å². The number of aromatic nitrogens is 6. The fourth-order valence-corrected chi connectivity index (χ4v) is 4.76. The van der Waals surface area contributed by atoms with Crippen LogP contribution in [0.15, 0.2) is 60.9 Å². The lowest BCUT2D eigenvalue weighted by Gasteiger charge is -2.15. The van der Waals surface area contributed by atoms with Crippen molar-refractivity contribution < 1.29 is 44.7 Å². The third kappa shape index (κ3) is 6.64. The Hall–Kier alpha value is -5.52. The Morgan fingerprint density at radius 2 is 1.10 bits per heavy atom. The molecule has 4 aromatic heterocycles. The molecule has 1 aromatic carbocycles. The molecule has 0 saturated carbocycles. The fraction of sp³-hybridized carbons (Fsp3) is 0.200. The van der Waals surface area contributed by atoms with Gasteiger partial charge in [-0.3, -0.25) is 33.8 Å². The van der Waals surface area contributed by atoms with Crippen molar-refractivity contribution in [3.63, 3.8) is 0 Å². The Morgan fingerprint density at radius 3 is 1.50 bits per heavy atom. The molecule has 0 fully saturated rings. The third-order valence-corrected chi connectivity index (χ3v) is 7.16. The van der Waals surface area contributed by atoms with Gasteiger partial charge in [0.05, 0.1) is 52.8 Å². The first-order chi connectivity index (χ1) is 22.5. The summed E-state index contributed by atoms with van der Waals surface area (Å²) < 4.78 is 106. The van der Waals surface area contributed by atoms with E-state index in [1.807, 2.05) is 0 Å². The molecule has 5 aromatic rings. The number of fused-ring (bicyclic) bond motifs is 1. The van der Waals surface area contributed by atoms with Gasteiger partial charge in [-0.05, 0) is 36.4 Å². The minimum absolute atomic E-state index is 0.0148. The number of halogens is 8. The number of aryl methyl sites for hydroxylation is 2. The smallest absolute Gasteiger partial charge is 0.326 e. The standard InChI is InChI=1S/C19H12F4N4O2.C11H10F4N4/c1-26-15(7-16(25-26)19(21,22)23)14-6-10(13(20)8-24-14)9-27-17(28)11-4-2-3-5-12(11)18(27)29;1-19-9(3-10(18-19)11(13,14)15)8-2-6(4-16)7(12)5-17-8/h2-8H,9H2,1H3;2-3,5H,4,16H2,1H3. The van der Waals surface area contributed by atoms with Crippen LogP contribution in [-0.2, 0) is 39.5 Å². The molecule has 18 heteroatoms. The van der Waals surface area contributed by atoms with Crippen LogP contribution in [0.3, 0.4) is 0 Å². The molecule has 0 unspecified atom stereocenters. The molecule has 0 atom stereocenters. The van der Waals surface area contributed by atoms with Gasteiger partial charge in [0.1, 0.15) is 11.6 Å². The van der Waals surface area contributed by atoms with Crippen LogP contribution in [0.4, 0.5) is 35.1 Å². The predicted octanol–water partition coefficient (Wildman–Crippen LogP) is 5.53. The molecular weight excluding hydrogens is 656 g/mol. The highest BCUT2D eigenvalue weighted by Crippen LogP contribution is 2.33. The van der Waals surface area contributed by atoms with Crippen molar-refractivity contribution in [2.45, 2.75) is 25.4 Å². The van der Waals surface area contributed by atoms with E-state index < -0.39 is 47.2 Å². The molecule has 5 heterocycles. The molecule has 0 spiro atoms. The third-order valence-electron chi connectivity index (χ3n) is 7.16. The van der Waals surface area contributed by atoms with E-state index in [0.29, 0.717) is 0 Å². The maximum absolute atomic E-state index is 14.3. The fourth-order valence-electron chi connectivity index (χ4n) is 4.76. The number of amides is 2. The summed E-state index contributed by atoms with van der Waals surface area (Å²) in [5, 5.41) is 6.77. The molecule has 0 aliphatic carbocycles. The van der Waals surface area contributed by atoms with Crippen molar-refractivity contribution >= 4 is 11.8 Å². The Kier molecular flexibility index (Phi) is 8.87. The van der Waals surface area contributed by atoms with Crippen molar-refractivity contribution in [2.75, 3.05) is 0 Å². The van der Waals surface area contributed by atoms with Crippen LogP contribution in [0.1, 0.15) is 43.2 Å². The molecule has 2 N–H and O–H groups in total. The molecule has 250 valence electrons. The Bertz CT molecular complexity index is 2000. The van der Waals surface area contributed by atoms with E-state index in [-0.39, 0.29) is 58.1 Å². The lowest BCUT2D eigenvalue weighted by atomic mass is 10.1. The van der Waals surface area contributed by atoms with Gasteiger partial charge in [-0.25, -0.2) is 8.78 Å². The second-order valence-corrected chi connectivity index (χ2v) is 10.3. The Balaban J connectivity index is 0.000000206. The predicted molar refractivity (Wildman–Crippen MR) is 151 cm³/mol. The zero-order valence-electron chi connectivity index (χ0n) is 24.7. The number of pyridine rings is 2. The number of benzene rings is 1. The lowest BCUT2D eigenvalue weighted by molar-refractivity contribution is -0.142. The van der Waals surface area contributed by atoms with E-state index in [9.17, 15) is 44.7 Å². The summed E-state index contributed by atoms with van der Waals surface area (Å²) in [7, 11) is 2.66. The van der Waals surface area contributed by atoms with Crippen molar-refractivity contribution in [3.8, 4) is 22.8 Å². The molecule has 10 nitrogen and oxygen atoms in total. The van der Waals surface area contributed by atoms with E-state index in [2.05, 4.69) is 20.2 Å². The highest BCUT2D eigenvalue weighted by Gasteiger charge is 2.37. The number of nitrogens with zero attached hydrogens (tertiary/aromatic N) is 7. The summed E-state index contributed by atoms with van der Waals surface area (Å²) >= 11 is 0. The van der Waals surface area contributed by atoms with Crippen LogP contribution in [0.25, 0.3) is 22.8 Å². The largest absolute Gasteiger partial charge is 0.435 e. The first-order valence-corrected chi connectivity index (χ1v) is 13.7. The van der Waals surface area contributed by atoms with E-state index in [1.165, 1.54) is 38.4 Å². The van der Waals surface area contributed by atoms with Crippen LogP contribution < -0.4 is 5.73 Å². The molecule has 2 amide bonds. The summed E-state index contributed by atoms with van der Waals surface area (Å²) in [6, 6.07) is 10.4. The van der Waals surface area contributed by atoms with Gasteiger partial charge in [-0.2, -0.15) is 36.5 Å². The van der Waals surface area contributed by atoms with Gasteiger partial charge in [-0.1, -0.05) is 12.1 Å². The highest BCUT2D eigenvalue weighted by molar-refractivity contribution is 6.21. The normalized spacial score (nSPS) is 13.1. The van der Waals surface area contributed by atoms with Crippen LogP contribution in [-0.4, -0.2) is 46.2 Å². The van der Waals surface area contributed by atoms with Crippen LogP contribution in [0.5, 0.6) is 0 Å². The van der Waals surface area contributed by atoms with E-state index >= 15 is 0 Å². The number of hydrogen-bond donors (Lipinski definition) is 1.